The predicted molar refractivity (Wildman–Crippen MR) is 82.2 cm³/mol. The zero-order valence-electron chi connectivity index (χ0n) is 12.7. The van der Waals surface area contributed by atoms with E-state index in [0.717, 1.165) is 25.3 Å². The Labute approximate surface area is 122 Å². The lowest BCUT2D eigenvalue weighted by Crippen LogP contribution is -2.30. The minimum Gasteiger partial charge on any atom is -0.494 e. The van der Waals surface area contributed by atoms with Crippen molar-refractivity contribution in [1.29, 1.82) is 0 Å². The Hall–Kier alpha value is -1.06. The van der Waals surface area contributed by atoms with E-state index in [1.165, 1.54) is 24.8 Å². The van der Waals surface area contributed by atoms with Gasteiger partial charge in [-0.1, -0.05) is 19.1 Å². The van der Waals surface area contributed by atoms with Gasteiger partial charge in [0.05, 0.1) is 25.4 Å². The Morgan fingerprint density at radius 2 is 1.95 bits per heavy atom. The van der Waals surface area contributed by atoms with Crippen LogP contribution in [0.4, 0.5) is 0 Å². The van der Waals surface area contributed by atoms with Crippen LogP contribution >= 0.6 is 0 Å². The zero-order valence-corrected chi connectivity index (χ0v) is 12.7. The molecule has 0 aliphatic heterocycles. The Morgan fingerprint density at radius 1 is 1.20 bits per heavy atom. The van der Waals surface area contributed by atoms with E-state index in [1.54, 1.807) is 0 Å². The third kappa shape index (κ3) is 4.50. The molecule has 3 heteroatoms. The molecule has 20 heavy (non-hydrogen) atoms. The minimum atomic E-state index is 0.284. The second-order valence-corrected chi connectivity index (χ2v) is 5.40. The molecule has 112 valence electrons. The van der Waals surface area contributed by atoms with Gasteiger partial charge in [0.2, 0.25) is 0 Å². The van der Waals surface area contributed by atoms with E-state index in [-0.39, 0.29) is 6.04 Å². The lowest BCUT2D eigenvalue weighted by atomic mass is 9.96. The molecule has 0 aromatic heterocycles. The Balaban J connectivity index is 1.92. The SMILES string of the molecule is CCCNC(COC1CCC1)c1ccc(OCC)cc1. The van der Waals surface area contributed by atoms with Gasteiger partial charge in [-0.25, -0.2) is 0 Å². The molecule has 1 N–H and O–H groups in total. The van der Waals surface area contributed by atoms with Crippen molar-refractivity contribution in [3.63, 3.8) is 0 Å². The summed E-state index contributed by atoms with van der Waals surface area (Å²) < 4.78 is 11.5. The molecule has 1 aliphatic carbocycles. The summed E-state index contributed by atoms with van der Waals surface area (Å²) in [4.78, 5) is 0. The molecule has 0 bridgehead atoms. The van der Waals surface area contributed by atoms with Crippen LogP contribution in [0.15, 0.2) is 24.3 Å². The monoisotopic (exact) mass is 277 g/mol. The zero-order chi connectivity index (χ0) is 14.2. The van der Waals surface area contributed by atoms with E-state index in [0.29, 0.717) is 12.7 Å². The molecule has 0 heterocycles. The highest BCUT2D eigenvalue weighted by Crippen LogP contribution is 2.24. The van der Waals surface area contributed by atoms with Gasteiger partial charge in [0.15, 0.2) is 0 Å². The Bertz CT molecular complexity index is 373. The molecule has 1 atom stereocenters. The molecule has 1 aromatic carbocycles. The summed E-state index contributed by atoms with van der Waals surface area (Å²) in [5.74, 6) is 0.936. The largest absolute Gasteiger partial charge is 0.494 e. The summed E-state index contributed by atoms with van der Waals surface area (Å²) in [5.41, 5.74) is 1.28. The van der Waals surface area contributed by atoms with Gasteiger partial charge in [0.25, 0.3) is 0 Å². The predicted octanol–water partition coefficient (Wildman–Crippen LogP) is 3.70. The molecular weight excluding hydrogens is 250 g/mol. The van der Waals surface area contributed by atoms with Crippen LogP contribution in [0.3, 0.4) is 0 Å². The molecule has 0 saturated heterocycles. The van der Waals surface area contributed by atoms with Crippen molar-refractivity contribution in [2.24, 2.45) is 0 Å². The highest BCUT2D eigenvalue weighted by Gasteiger charge is 2.20. The maximum Gasteiger partial charge on any atom is 0.119 e. The lowest BCUT2D eigenvalue weighted by Gasteiger charge is -2.28. The highest BCUT2D eigenvalue weighted by molar-refractivity contribution is 5.29. The third-order valence-electron chi connectivity index (χ3n) is 3.79. The number of nitrogens with one attached hydrogen (secondary N) is 1. The highest BCUT2D eigenvalue weighted by atomic mass is 16.5. The topological polar surface area (TPSA) is 30.5 Å². The third-order valence-corrected chi connectivity index (χ3v) is 3.79. The van der Waals surface area contributed by atoms with Crippen molar-refractivity contribution in [2.75, 3.05) is 19.8 Å². The van der Waals surface area contributed by atoms with Crippen LogP contribution in [0.1, 0.15) is 51.1 Å². The van der Waals surface area contributed by atoms with Crippen LogP contribution in [0.5, 0.6) is 5.75 Å². The molecule has 1 unspecified atom stereocenters. The van der Waals surface area contributed by atoms with Crippen LogP contribution in [-0.2, 0) is 4.74 Å². The quantitative estimate of drug-likeness (QED) is 0.746. The second-order valence-electron chi connectivity index (χ2n) is 5.40. The summed E-state index contributed by atoms with van der Waals surface area (Å²) in [6, 6.07) is 8.66. The normalized spacial score (nSPS) is 16.7. The molecule has 0 amide bonds. The number of ether oxygens (including phenoxy) is 2. The fraction of sp³-hybridized carbons (Fsp3) is 0.647. The summed E-state index contributed by atoms with van der Waals surface area (Å²) in [7, 11) is 0. The maximum absolute atomic E-state index is 5.98. The average Bonchev–Trinajstić information content (AvgIpc) is 2.42. The molecule has 3 nitrogen and oxygen atoms in total. The number of benzene rings is 1. The van der Waals surface area contributed by atoms with Crippen molar-refractivity contribution in [3.05, 3.63) is 29.8 Å². The van der Waals surface area contributed by atoms with Crippen molar-refractivity contribution in [1.82, 2.24) is 5.32 Å². The van der Waals surface area contributed by atoms with Crippen molar-refractivity contribution in [2.45, 2.75) is 51.7 Å². The van der Waals surface area contributed by atoms with E-state index in [2.05, 4.69) is 24.4 Å². The van der Waals surface area contributed by atoms with E-state index >= 15 is 0 Å². The molecule has 1 saturated carbocycles. The standard InChI is InChI=1S/C17H27NO2/c1-3-12-18-17(13-20-15-6-5-7-15)14-8-10-16(11-9-14)19-4-2/h8-11,15,17-18H,3-7,12-13H2,1-2H3. The number of hydrogen-bond donors (Lipinski definition) is 1. The smallest absolute Gasteiger partial charge is 0.119 e. The molecule has 0 spiro atoms. The van der Waals surface area contributed by atoms with Crippen molar-refractivity contribution in [3.8, 4) is 5.75 Å². The van der Waals surface area contributed by atoms with Gasteiger partial charge in [-0.2, -0.15) is 0 Å². The summed E-state index contributed by atoms with van der Waals surface area (Å²) in [5, 5.41) is 3.57. The van der Waals surface area contributed by atoms with Gasteiger partial charge in [-0.15, -0.1) is 0 Å². The van der Waals surface area contributed by atoms with Gasteiger partial charge >= 0.3 is 0 Å². The van der Waals surface area contributed by atoms with Crippen LogP contribution in [0.2, 0.25) is 0 Å². The first-order chi connectivity index (χ1) is 9.83. The van der Waals surface area contributed by atoms with Crippen molar-refractivity contribution >= 4 is 0 Å². The molecular formula is C17H27NO2. The molecule has 1 fully saturated rings. The van der Waals surface area contributed by atoms with Gasteiger partial charge in [0.1, 0.15) is 5.75 Å². The lowest BCUT2D eigenvalue weighted by molar-refractivity contribution is -0.00876. The first-order valence-electron chi connectivity index (χ1n) is 7.91. The Morgan fingerprint density at radius 3 is 2.50 bits per heavy atom. The second kappa shape index (κ2) is 8.28. The van der Waals surface area contributed by atoms with E-state index < -0.39 is 0 Å². The van der Waals surface area contributed by atoms with Crippen LogP contribution < -0.4 is 10.1 Å². The number of rotatable bonds is 9. The first-order valence-corrected chi connectivity index (χ1v) is 7.91. The van der Waals surface area contributed by atoms with Gasteiger partial charge < -0.3 is 14.8 Å². The van der Waals surface area contributed by atoms with Gasteiger partial charge in [0, 0.05) is 0 Å². The van der Waals surface area contributed by atoms with Crippen LogP contribution in [0, 0.1) is 0 Å². The first kappa shape index (κ1) is 15.3. The molecule has 1 aromatic rings. The maximum atomic E-state index is 5.98. The van der Waals surface area contributed by atoms with E-state index in [1.807, 2.05) is 19.1 Å². The van der Waals surface area contributed by atoms with Gasteiger partial charge in [-0.05, 0) is 56.8 Å². The number of hydrogen-bond acceptors (Lipinski definition) is 3. The van der Waals surface area contributed by atoms with E-state index in [4.69, 9.17) is 9.47 Å². The summed E-state index contributed by atoms with van der Waals surface area (Å²) in [6.07, 6.45) is 5.40. The molecule has 1 aliphatic rings. The van der Waals surface area contributed by atoms with Crippen LogP contribution in [-0.4, -0.2) is 25.9 Å². The minimum absolute atomic E-state index is 0.284. The summed E-state index contributed by atoms with van der Waals surface area (Å²) >= 11 is 0. The van der Waals surface area contributed by atoms with Crippen LogP contribution in [0.25, 0.3) is 0 Å². The average molecular weight is 277 g/mol. The van der Waals surface area contributed by atoms with E-state index in [9.17, 15) is 0 Å². The Kier molecular flexibility index (Phi) is 6.34. The fourth-order valence-corrected chi connectivity index (χ4v) is 2.32. The molecule has 2 rings (SSSR count). The fourth-order valence-electron chi connectivity index (χ4n) is 2.32. The van der Waals surface area contributed by atoms with Crippen molar-refractivity contribution < 1.29 is 9.47 Å². The van der Waals surface area contributed by atoms with Gasteiger partial charge in [-0.3, -0.25) is 0 Å². The summed E-state index contributed by atoms with van der Waals surface area (Å²) in [6.45, 7) is 6.69. The molecule has 0 radical (unpaired) electrons.